The van der Waals surface area contributed by atoms with Gasteiger partial charge in [-0.25, -0.2) is 22.3 Å². The van der Waals surface area contributed by atoms with Crippen LogP contribution in [0.1, 0.15) is 38.4 Å². The van der Waals surface area contributed by atoms with Gasteiger partial charge in [0.15, 0.2) is 0 Å². The lowest BCUT2D eigenvalue weighted by molar-refractivity contribution is -0.151. The number of sulfonamides is 1. The summed E-state index contributed by atoms with van der Waals surface area (Å²) in [4.78, 5) is 36.4. The third kappa shape index (κ3) is 4.80. The number of esters is 3. The zero-order valence-electron chi connectivity index (χ0n) is 15.7. The van der Waals surface area contributed by atoms with Gasteiger partial charge in [0.05, 0.1) is 26.4 Å². The van der Waals surface area contributed by atoms with Crippen LogP contribution in [-0.4, -0.2) is 64.2 Å². The number of nitrogen functional groups attached to an aromatic ring is 1. The van der Waals surface area contributed by atoms with Gasteiger partial charge in [-0.15, -0.1) is 11.3 Å². The molecule has 1 saturated heterocycles. The van der Waals surface area contributed by atoms with E-state index in [1.807, 2.05) is 0 Å². The summed E-state index contributed by atoms with van der Waals surface area (Å²) in [6.45, 7) is 0.101. The molecule has 0 saturated carbocycles. The molecule has 1 fully saturated rings. The quantitative estimate of drug-likeness (QED) is 0.503. The minimum absolute atomic E-state index is 0.0346. The van der Waals surface area contributed by atoms with Crippen molar-refractivity contribution in [1.82, 2.24) is 4.31 Å². The number of hydrogen-bond acceptors (Lipinski definition) is 10. The summed E-state index contributed by atoms with van der Waals surface area (Å²) in [5, 5.41) is 0.0553. The molecule has 156 valence electrons. The standard InChI is InChI=1S/C16H22N2O8S2/c1-24-15(20)11-10(12(16(21)25-2)27-13(11)17)8-26-14(19)9-4-6-18(7-5-9)28(3,22)23/h9H,4-8,17H2,1-3H3. The Hall–Kier alpha value is -2.18. The zero-order chi connectivity index (χ0) is 21.1. The van der Waals surface area contributed by atoms with Crippen LogP contribution in [0.4, 0.5) is 5.00 Å². The first-order valence-corrected chi connectivity index (χ1v) is 11.0. The van der Waals surface area contributed by atoms with E-state index in [-0.39, 0.29) is 40.7 Å². The van der Waals surface area contributed by atoms with Gasteiger partial charge in [-0.05, 0) is 12.8 Å². The van der Waals surface area contributed by atoms with Crippen molar-refractivity contribution in [2.45, 2.75) is 19.4 Å². The summed E-state index contributed by atoms with van der Waals surface area (Å²) in [5.74, 6) is -2.47. The van der Waals surface area contributed by atoms with Crippen molar-refractivity contribution in [2.24, 2.45) is 5.92 Å². The molecule has 1 aromatic heterocycles. The van der Waals surface area contributed by atoms with E-state index in [4.69, 9.17) is 10.5 Å². The largest absolute Gasteiger partial charge is 0.465 e. The van der Waals surface area contributed by atoms with Crippen LogP contribution in [0.15, 0.2) is 0 Å². The number of ether oxygens (including phenoxy) is 3. The van der Waals surface area contributed by atoms with Crippen LogP contribution in [0.5, 0.6) is 0 Å². The number of anilines is 1. The molecule has 0 radical (unpaired) electrons. The number of carbonyl (C=O) groups is 3. The predicted octanol–water partition coefficient (Wildman–Crippen LogP) is 0.618. The first-order chi connectivity index (χ1) is 13.1. The van der Waals surface area contributed by atoms with Gasteiger partial charge in [0.2, 0.25) is 10.0 Å². The molecule has 1 aliphatic heterocycles. The fourth-order valence-electron chi connectivity index (χ4n) is 2.89. The lowest BCUT2D eigenvalue weighted by atomic mass is 9.98. The van der Waals surface area contributed by atoms with Crippen LogP contribution >= 0.6 is 11.3 Å². The number of piperidine rings is 1. The number of rotatable bonds is 6. The number of carbonyl (C=O) groups excluding carboxylic acids is 3. The van der Waals surface area contributed by atoms with E-state index >= 15 is 0 Å². The molecule has 1 aliphatic rings. The van der Waals surface area contributed by atoms with E-state index in [1.54, 1.807) is 0 Å². The molecular formula is C16H22N2O8S2. The molecule has 0 aromatic carbocycles. The van der Waals surface area contributed by atoms with Gasteiger partial charge in [0, 0.05) is 18.7 Å². The Morgan fingerprint density at radius 1 is 1.14 bits per heavy atom. The molecule has 2 N–H and O–H groups in total. The molecule has 0 aliphatic carbocycles. The number of methoxy groups -OCH3 is 2. The lowest BCUT2D eigenvalue weighted by Crippen LogP contribution is -2.40. The minimum atomic E-state index is -3.30. The molecule has 1 aromatic rings. The van der Waals surface area contributed by atoms with E-state index in [1.165, 1.54) is 18.5 Å². The maximum absolute atomic E-state index is 12.4. The average molecular weight is 434 g/mol. The molecule has 10 nitrogen and oxygen atoms in total. The second kappa shape index (κ2) is 8.88. The van der Waals surface area contributed by atoms with Crippen molar-refractivity contribution in [3.8, 4) is 0 Å². The maximum atomic E-state index is 12.4. The molecule has 2 heterocycles. The second-order valence-corrected chi connectivity index (χ2v) is 9.21. The first kappa shape index (κ1) is 22.1. The second-order valence-electron chi connectivity index (χ2n) is 6.18. The van der Waals surface area contributed by atoms with Crippen LogP contribution in [0.3, 0.4) is 0 Å². The Labute approximate surface area is 166 Å². The highest BCUT2D eigenvalue weighted by atomic mass is 32.2. The van der Waals surface area contributed by atoms with Gasteiger partial charge in [-0.2, -0.15) is 0 Å². The predicted molar refractivity (Wildman–Crippen MR) is 100 cm³/mol. The number of thiophene rings is 1. The third-order valence-electron chi connectivity index (χ3n) is 4.41. The van der Waals surface area contributed by atoms with Gasteiger partial charge in [-0.1, -0.05) is 0 Å². The Morgan fingerprint density at radius 3 is 2.21 bits per heavy atom. The number of nitrogens with two attached hydrogens (primary N) is 1. The molecular weight excluding hydrogens is 412 g/mol. The van der Waals surface area contributed by atoms with Crippen molar-refractivity contribution < 1.29 is 37.0 Å². The van der Waals surface area contributed by atoms with Crippen molar-refractivity contribution >= 4 is 44.3 Å². The summed E-state index contributed by atoms with van der Waals surface area (Å²) in [5.41, 5.74) is 5.92. The number of hydrogen-bond donors (Lipinski definition) is 1. The fraction of sp³-hybridized carbons (Fsp3) is 0.562. The topological polar surface area (TPSA) is 142 Å². The molecule has 0 spiro atoms. The van der Waals surface area contributed by atoms with Gasteiger partial charge in [0.25, 0.3) is 0 Å². The Balaban J connectivity index is 2.12. The van der Waals surface area contributed by atoms with Crippen LogP contribution in [0.25, 0.3) is 0 Å². The summed E-state index contributed by atoms with van der Waals surface area (Å²) < 4.78 is 39.1. The van der Waals surface area contributed by atoms with Crippen LogP contribution < -0.4 is 5.73 Å². The molecule has 12 heteroatoms. The highest BCUT2D eigenvalue weighted by Gasteiger charge is 2.32. The highest BCUT2D eigenvalue weighted by Crippen LogP contribution is 2.33. The van der Waals surface area contributed by atoms with Gasteiger partial charge in [0.1, 0.15) is 22.0 Å². The van der Waals surface area contributed by atoms with E-state index in [9.17, 15) is 22.8 Å². The minimum Gasteiger partial charge on any atom is -0.465 e. The molecule has 28 heavy (non-hydrogen) atoms. The molecule has 0 amide bonds. The van der Waals surface area contributed by atoms with Crippen molar-refractivity contribution in [1.29, 1.82) is 0 Å². The molecule has 2 rings (SSSR count). The smallest absolute Gasteiger partial charge is 0.348 e. The normalized spacial score (nSPS) is 15.8. The fourth-order valence-corrected chi connectivity index (χ4v) is 4.74. The van der Waals surface area contributed by atoms with E-state index in [0.29, 0.717) is 12.8 Å². The summed E-state index contributed by atoms with van der Waals surface area (Å²) in [7, 11) is -0.947. The summed E-state index contributed by atoms with van der Waals surface area (Å²) in [6.07, 6.45) is 1.77. The van der Waals surface area contributed by atoms with Crippen LogP contribution in [0.2, 0.25) is 0 Å². The maximum Gasteiger partial charge on any atom is 0.348 e. The molecule has 0 atom stereocenters. The Morgan fingerprint density at radius 2 is 1.71 bits per heavy atom. The first-order valence-electron chi connectivity index (χ1n) is 8.29. The Kier molecular flexibility index (Phi) is 7.01. The average Bonchev–Trinajstić information content (AvgIpc) is 3.00. The third-order valence-corrected chi connectivity index (χ3v) is 6.75. The number of nitrogens with zero attached hydrogens (tertiary/aromatic N) is 1. The Bertz CT molecular complexity index is 869. The van der Waals surface area contributed by atoms with E-state index in [0.717, 1.165) is 17.6 Å². The van der Waals surface area contributed by atoms with Crippen molar-refractivity contribution in [3.05, 3.63) is 16.0 Å². The van der Waals surface area contributed by atoms with Gasteiger partial charge in [-0.3, -0.25) is 4.79 Å². The highest BCUT2D eigenvalue weighted by molar-refractivity contribution is 7.88. The van der Waals surface area contributed by atoms with Gasteiger partial charge >= 0.3 is 17.9 Å². The summed E-state index contributed by atoms with van der Waals surface area (Å²) >= 11 is 0.845. The van der Waals surface area contributed by atoms with E-state index < -0.39 is 33.8 Å². The lowest BCUT2D eigenvalue weighted by Gasteiger charge is -2.28. The van der Waals surface area contributed by atoms with Crippen molar-refractivity contribution in [3.63, 3.8) is 0 Å². The van der Waals surface area contributed by atoms with Crippen LogP contribution in [-0.2, 0) is 35.6 Å². The monoisotopic (exact) mass is 434 g/mol. The molecule has 0 unspecified atom stereocenters. The molecule has 0 bridgehead atoms. The van der Waals surface area contributed by atoms with Crippen LogP contribution in [0, 0.1) is 5.92 Å². The van der Waals surface area contributed by atoms with Crippen molar-refractivity contribution in [2.75, 3.05) is 39.3 Å². The zero-order valence-corrected chi connectivity index (χ0v) is 17.4. The summed E-state index contributed by atoms with van der Waals surface area (Å²) in [6, 6.07) is 0. The van der Waals surface area contributed by atoms with Gasteiger partial charge < -0.3 is 19.9 Å². The van der Waals surface area contributed by atoms with E-state index in [2.05, 4.69) is 9.47 Å². The SMILES string of the molecule is COC(=O)c1sc(N)c(C(=O)OC)c1COC(=O)C1CCN(S(C)(=O)=O)CC1.